The molecule has 0 rings (SSSR count). The lowest BCUT2D eigenvalue weighted by molar-refractivity contribution is 0.260. The van der Waals surface area contributed by atoms with E-state index in [1.165, 1.54) is 0 Å². The van der Waals surface area contributed by atoms with Crippen molar-refractivity contribution in [2.45, 2.75) is 0 Å². The Hall–Kier alpha value is 0.890. The van der Waals surface area contributed by atoms with Crippen LogP contribution in [-0.4, -0.2) is 10.4 Å². The van der Waals surface area contributed by atoms with Gasteiger partial charge in [-0.05, 0) is 0 Å². The monoisotopic (exact) mass is 160 g/mol. The van der Waals surface area contributed by atoms with E-state index in [0.29, 0.717) is 0 Å². The molecule has 0 saturated carbocycles. The van der Waals surface area contributed by atoms with Gasteiger partial charge in [-0.15, -0.1) is 9.77 Å². The van der Waals surface area contributed by atoms with Gasteiger partial charge in [-0.3, -0.25) is 0 Å². The molecule has 0 aromatic heterocycles. The predicted molar refractivity (Wildman–Crippen MR) is 32.6 cm³/mol. The first kappa shape index (κ1) is 7.89. The molecule has 7 heteroatoms. The molecule has 0 atom stereocenters. The number of hydrogen-bond acceptors (Lipinski definition) is 7. The average Bonchev–Trinajstić information content (AvgIpc) is 1.69. The summed E-state index contributed by atoms with van der Waals surface area (Å²) in [7, 11) is 3.16. The maximum absolute atomic E-state index is 7.86. The van der Waals surface area contributed by atoms with Crippen LogP contribution in [0.15, 0.2) is 0 Å². The number of rotatable bonds is 4. The Morgan fingerprint density at radius 2 is 1.43 bits per heavy atom. The highest BCUT2D eigenvalue weighted by atomic mass is 33.5. The highest BCUT2D eigenvalue weighted by Crippen LogP contribution is 2.27. The lowest BCUT2D eigenvalue weighted by Crippen LogP contribution is -1.90. The third kappa shape index (κ3) is 6.89. The lowest BCUT2D eigenvalue weighted by Gasteiger charge is -1.90. The van der Waals surface area contributed by atoms with Crippen LogP contribution in [0.25, 0.3) is 0 Å². The maximum atomic E-state index is 7.86. The lowest BCUT2D eigenvalue weighted by atomic mass is 13.5. The summed E-state index contributed by atoms with van der Waals surface area (Å²) in [5.74, 6) is 0. The van der Waals surface area contributed by atoms with Gasteiger partial charge in [-0.25, -0.2) is 0 Å². The minimum Gasteiger partial charge on any atom is -0.305 e. The fourth-order valence-electron chi connectivity index (χ4n) is 0.0474. The summed E-state index contributed by atoms with van der Waals surface area (Å²) in [6, 6.07) is 0. The van der Waals surface area contributed by atoms with Crippen molar-refractivity contribution in [3.05, 3.63) is 0 Å². The average molecular weight is 160 g/mol. The molecule has 0 amide bonds. The Labute approximate surface area is 52.4 Å². The molecule has 0 spiro atoms. The van der Waals surface area contributed by atoms with Gasteiger partial charge in [0.05, 0.1) is 0 Å². The van der Waals surface area contributed by atoms with Crippen LogP contribution in [0.1, 0.15) is 0 Å². The topological polar surface area (TPSA) is 64.5 Å². The molecule has 0 aliphatic carbocycles. The fraction of sp³-hybridized carbons (Fsp3) is 0. The Kier molecular flexibility index (Phi) is 7.77. The van der Waals surface area contributed by atoms with Crippen LogP contribution >= 0.6 is 31.8 Å². The normalized spacial score (nSPS) is 9.43. The minimum absolute atomic E-state index is 0.995. The van der Waals surface area contributed by atoms with Gasteiger partial charge in [0.2, 0.25) is 0 Å². The molecule has 0 aromatic carbocycles. The van der Waals surface area contributed by atoms with Crippen LogP contribution in [0, 0.1) is 0 Å². The highest BCUT2D eigenvalue weighted by molar-refractivity contribution is 9.08. The molecule has 0 unspecified atom stereocenters. The first-order valence-electron chi connectivity index (χ1n) is 1.19. The van der Waals surface area contributed by atoms with E-state index < -0.39 is 0 Å². The van der Waals surface area contributed by atoms with Crippen molar-refractivity contribution >= 4 is 31.8 Å². The molecular weight excluding hydrogens is 156 g/mol. The van der Waals surface area contributed by atoms with Gasteiger partial charge in [0, 0.05) is 31.8 Å². The fourth-order valence-corrected chi connectivity index (χ4v) is 1.28. The van der Waals surface area contributed by atoms with Gasteiger partial charge in [0.25, 0.3) is 0 Å². The quantitative estimate of drug-likeness (QED) is 0.210. The van der Waals surface area contributed by atoms with E-state index in [4.69, 9.17) is 10.4 Å². The predicted octanol–water partition coefficient (Wildman–Crippen LogP) is 0.804. The Balaban J connectivity index is 2.45. The van der Waals surface area contributed by atoms with Gasteiger partial charge in [-0.2, -0.15) is 0 Å². The molecular formula is H4N2O2S3. The largest absolute Gasteiger partial charge is 0.305 e. The van der Waals surface area contributed by atoms with Gasteiger partial charge < -0.3 is 10.4 Å². The molecule has 4 N–H and O–H groups in total. The zero-order valence-electron chi connectivity index (χ0n) is 3.12. The van der Waals surface area contributed by atoms with Crippen LogP contribution in [0.3, 0.4) is 0 Å². The highest BCUT2D eigenvalue weighted by Gasteiger charge is 1.82. The van der Waals surface area contributed by atoms with Crippen LogP contribution in [0.5, 0.6) is 0 Å². The van der Waals surface area contributed by atoms with Gasteiger partial charge in [-0.1, -0.05) is 0 Å². The third-order valence-corrected chi connectivity index (χ3v) is 2.51. The second kappa shape index (κ2) is 6.89. The Morgan fingerprint density at radius 1 is 1.00 bits per heavy atom. The second-order valence-electron chi connectivity index (χ2n) is 0.417. The van der Waals surface area contributed by atoms with E-state index in [9.17, 15) is 0 Å². The standard InChI is InChI=1S/H4N2O2S3/c3-1-5-7-6-2-4/h1-4H. The third-order valence-electron chi connectivity index (χ3n) is 0.143. The molecule has 0 saturated heterocycles. The van der Waals surface area contributed by atoms with E-state index in [0.717, 1.165) is 31.8 Å². The Morgan fingerprint density at radius 3 is 1.71 bits per heavy atom. The van der Waals surface area contributed by atoms with Gasteiger partial charge in [0.15, 0.2) is 0 Å². The minimum atomic E-state index is 0.995. The maximum Gasteiger partial charge on any atom is 0.0275 e. The molecule has 4 nitrogen and oxygen atoms in total. The molecule has 0 aromatic rings. The van der Waals surface area contributed by atoms with Crippen molar-refractivity contribution in [1.29, 1.82) is 0 Å². The van der Waals surface area contributed by atoms with Crippen molar-refractivity contribution in [1.82, 2.24) is 9.77 Å². The molecule has 0 aliphatic rings. The van der Waals surface area contributed by atoms with E-state index in [1.807, 2.05) is 9.77 Å². The van der Waals surface area contributed by atoms with Crippen molar-refractivity contribution in [3.8, 4) is 0 Å². The molecule has 0 heterocycles. The molecule has 0 fully saturated rings. The number of nitrogens with one attached hydrogen (secondary N) is 2. The molecule has 0 aliphatic heterocycles. The van der Waals surface area contributed by atoms with Crippen molar-refractivity contribution in [2.75, 3.05) is 0 Å². The summed E-state index contributed by atoms with van der Waals surface area (Å²) in [5.41, 5.74) is 0. The first-order valence-corrected chi connectivity index (χ1v) is 4.67. The van der Waals surface area contributed by atoms with Gasteiger partial charge >= 0.3 is 0 Å². The summed E-state index contributed by atoms with van der Waals surface area (Å²) >= 11 is 0. The van der Waals surface area contributed by atoms with E-state index in [2.05, 4.69) is 0 Å². The van der Waals surface area contributed by atoms with E-state index >= 15 is 0 Å². The van der Waals surface area contributed by atoms with Crippen LogP contribution in [0.2, 0.25) is 0 Å². The van der Waals surface area contributed by atoms with Crippen LogP contribution in [0.4, 0.5) is 0 Å². The molecule has 0 bridgehead atoms. The smallest absolute Gasteiger partial charge is 0.0275 e. The number of hydrogen-bond donors (Lipinski definition) is 4. The summed E-state index contributed by atoms with van der Waals surface area (Å²) in [5, 5.41) is 15.7. The summed E-state index contributed by atoms with van der Waals surface area (Å²) in [6.45, 7) is 0. The van der Waals surface area contributed by atoms with E-state index in [-0.39, 0.29) is 0 Å². The van der Waals surface area contributed by atoms with Crippen molar-refractivity contribution in [2.24, 2.45) is 0 Å². The first-order chi connectivity index (χ1) is 3.41. The molecule has 44 valence electrons. The van der Waals surface area contributed by atoms with Crippen LogP contribution in [-0.2, 0) is 0 Å². The zero-order chi connectivity index (χ0) is 5.54. The second-order valence-corrected chi connectivity index (χ2v) is 3.88. The zero-order valence-corrected chi connectivity index (χ0v) is 5.57. The molecule has 0 radical (unpaired) electrons. The van der Waals surface area contributed by atoms with Crippen molar-refractivity contribution in [3.63, 3.8) is 0 Å². The van der Waals surface area contributed by atoms with E-state index in [1.54, 1.807) is 0 Å². The SMILES string of the molecule is ONSSSNO. The van der Waals surface area contributed by atoms with Gasteiger partial charge in [0.1, 0.15) is 0 Å². The summed E-state index contributed by atoms with van der Waals surface area (Å²) in [4.78, 5) is 3.62. The summed E-state index contributed by atoms with van der Waals surface area (Å²) in [6.07, 6.45) is 0. The molecule has 7 heavy (non-hydrogen) atoms. The summed E-state index contributed by atoms with van der Waals surface area (Å²) < 4.78 is 0. The van der Waals surface area contributed by atoms with Crippen molar-refractivity contribution < 1.29 is 10.4 Å². The van der Waals surface area contributed by atoms with Crippen LogP contribution < -0.4 is 9.77 Å². The Bertz CT molecular complexity index is 30.1.